The molecule has 31 heavy (non-hydrogen) atoms. The summed E-state index contributed by atoms with van der Waals surface area (Å²) in [6.07, 6.45) is 0. The topological polar surface area (TPSA) is 87.2 Å². The number of halogens is 1. The molecule has 0 bridgehead atoms. The molecule has 0 radical (unpaired) electrons. The van der Waals surface area contributed by atoms with Gasteiger partial charge in [0.2, 0.25) is 10.0 Å². The number of aromatic nitrogens is 2. The first-order valence-electron chi connectivity index (χ1n) is 9.57. The van der Waals surface area contributed by atoms with Crippen molar-refractivity contribution < 1.29 is 13.2 Å². The van der Waals surface area contributed by atoms with Crippen molar-refractivity contribution >= 4 is 26.0 Å². The van der Waals surface area contributed by atoms with Crippen LogP contribution in [-0.2, 0) is 10.0 Å². The van der Waals surface area contributed by atoms with E-state index in [4.69, 9.17) is 15.0 Å². The number of nitrogens with zero attached hydrogens (tertiary/aromatic N) is 2. The molecular weight excluding hydrogens is 478 g/mol. The van der Waals surface area contributed by atoms with E-state index in [1.54, 1.807) is 16.8 Å². The molecule has 0 spiro atoms. The summed E-state index contributed by atoms with van der Waals surface area (Å²) < 4.78 is 31.5. The fraction of sp³-hybridized carbons (Fsp3) is 0.0870. The molecule has 1 aromatic heterocycles. The van der Waals surface area contributed by atoms with E-state index in [-0.39, 0.29) is 4.90 Å². The molecule has 158 valence electrons. The van der Waals surface area contributed by atoms with Gasteiger partial charge in [0.05, 0.1) is 28.6 Å². The summed E-state index contributed by atoms with van der Waals surface area (Å²) in [5.41, 5.74) is 4.31. The van der Waals surface area contributed by atoms with E-state index in [0.717, 1.165) is 38.4 Å². The van der Waals surface area contributed by atoms with Crippen molar-refractivity contribution in [3.05, 3.63) is 83.3 Å². The summed E-state index contributed by atoms with van der Waals surface area (Å²) >= 11 is 3.47. The van der Waals surface area contributed by atoms with Gasteiger partial charge in [0.1, 0.15) is 5.75 Å². The Balaban J connectivity index is 1.81. The SMILES string of the molecule is CCOc1ccc(-c2cc(-c3ccc(Br)cc3)n(-c3ccc(S(N)(=O)=O)cc3)n2)cc1. The molecule has 0 aliphatic rings. The fourth-order valence-corrected chi connectivity index (χ4v) is 3.99. The van der Waals surface area contributed by atoms with Crippen molar-refractivity contribution in [2.24, 2.45) is 5.14 Å². The highest BCUT2D eigenvalue weighted by Crippen LogP contribution is 2.30. The first kappa shape index (κ1) is 21.3. The third-order valence-corrected chi connectivity index (χ3v) is 6.18. The molecule has 0 saturated heterocycles. The third-order valence-electron chi connectivity index (χ3n) is 4.72. The predicted molar refractivity (Wildman–Crippen MR) is 125 cm³/mol. The maximum absolute atomic E-state index is 11.6. The molecule has 0 aliphatic heterocycles. The van der Waals surface area contributed by atoms with Crippen molar-refractivity contribution in [3.8, 4) is 34.0 Å². The van der Waals surface area contributed by atoms with Gasteiger partial charge in [-0.2, -0.15) is 5.10 Å². The second kappa shape index (κ2) is 8.66. The number of primary sulfonamides is 1. The molecule has 0 unspecified atom stereocenters. The smallest absolute Gasteiger partial charge is 0.238 e. The second-order valence-electron chi connectivity index (χ2n) is 6.83. The summed E-state index contributed by atoms with van der Waals surface area (Å²) in [6, 6.07) is 24.0. The van der Waals surface area contributed by atoms with Crippen LogP contribution in [0.15, 0.2) is 88.2 Å². The zero-order valence-electron chi connectivity index (χ0n) is 16.7. The van der Waals surface area contributed by atoms with Gasteiger partial charge >= 0.3 is 0 Å². The van der Waals surface area contributed by atoms with Crippen molar-refractivity contribution in [2.75, 3.05) is 6.61 Å². The molecule has 0 aliphatic carbocycles. The number of ether oxygens (including phenoxy) is 1. The Hall–Kier alpha value is -2.94. The lowest BCUT2D eigenvalue weighted by Crippen LogP contribution is -2.12. The number of sulfonamides is 1. The summed E-state index contributed by atoms with van der Waals surface area (Å²) in [6.45, 7) is 2.55. The highest BCUT2D eigenvalue weighted by atomic mass is 79.9. The second-order valence-corrected chi connectivity index (χ2v) is 9.31. The summed E-state index contributed by atoms with van der Waals surface area (Å²) in [4.78, 5) is 0.0559. The normalized spacial score (nSPS) is 11.5. The molecule has 0 fully saturated rings. The minimum absolute atomic E-state index is 0.0559. The summed E-state index contributed by atoms with van der Waals surface area (Å²) in [5.74, 6) is 0.803. The van der Waals surface area contributed by atoms with Gasteiger partial charge in [0.25, 0.3) is 0 Å². The largest absolute Gasteiger partial charge is 0.494 e. The number of hydrogen-bond acceptors (Lipinski definition) is 4. The van der Waals surface area contributed by atoms with Crippen molar-refractivity contribution in [2.45, 2.75) is 11.8 Å². The van der Waals surface area contributed by atoms with E-state index in [1.807, 2.05) is 61.5 Å². The third kappa shape index (κ3) is 4.71. The van der Waals surface area contributed by atoms with E-state index in [0.29, 0.717) is 6.61 Å². The van der Waals surface area contributed by atoms with Crippen molar-refractivity contribution in [3.63, 3.8) is 0 Å². The molecule has 4 rings (SSSR count). The maximum atomic E-state index is 11.6. The molecule has 8 heteroatoms. The van der Waals surface area contributed by atoms with Crippen LogP contribution in [-0.4, -0.2) is 24.8 Å². The van der Waals surface area contributed by atoms with Gasteiger partial charge < -0.3 is 4.74 Å². The molecule has 3 aromatic carbocycles. The minimum Gasteiger partial charge on any atom is -0.494 e. The van der Waals surface area contributed by atoms with Gasteiger partial charge in [-0.15, -0.1) is 0 Å². The van der Waals surface area contributed by atoms with Crippen LogP contribution in [0.4, 0.5) is 0 Å². The van der Waals surface area contributed by atoms with Crippen LogP contribution in [0, 0.1) is 0 Å². The van der Waals surface area contributed by atoms with Crippen LogP contribution >= 0.6 is 15.9 Å². The Morgan fingerprint density at radius 2 is 1.55 bits per heavy atom. The lowest BCUT2D eigenvalue weighted by atomic mass is 10.1. The quantitative estimate of drug-likeness (QED) is 0.405. The monoisotopic (exact) mass is 497 g/mol. The fourth-order valence-electron chi connectivity index (χ4n) is 3.21. The Bertz CT molecular complexity index is 1300. The van der Waals surface area contributed by atoms with E-state index in [9.17, 15) is 8.42 Å². The van der Waals surface area contributed by atoms with Crippen LogP contribution in [0.3, 0.4) is 0 Å². The van der Waals surface area contributed by atoms with Gasteiger partial charge in [-0.3, -0.25) is 0 Å². The Kier molecular flexibility index (Phi) is 5.95. The Morgan fingerprint density at radius 1 is 0.935 bits per heavy atom. The summed E-state index contributed by atoms with van der Waals surface area (Å²) in [7, 11) is -3.76. The first-order valence-corrected chi connectivity index (χ1v) is 11.9. The summed E-state index contributed by atoms with van der Waals surface area (Å²) in [5, 5.41) is 10.0. The number of nitrogens with two attached hydrogens (primary N) is 1. The zero-order chi connectivity index (χ0) is 22.0. The van der Waals surface area contributed by atoms with E-state index < -0.39 is 10.0 Å². The van der Waals surface area contributed by atoms with Crippen LogP contribution in [0.5, 0.6) is 5.75 Å². The van der Waals surface area contributed by atoms with Gasteiger partial charge in [0, 0.05) is 15.6 Å². The number of rotatable bonds is 6. The lowest BCUT2D eigenvalue weighted by molar-refractivity contribution is 0.340. The number of benzene rings is 3. The first-order chi connectivity index (χ1) is 14.8. The van der Waals surface area contributed by atoms with Crippen molar-refractivity contribution in [1.82, 2.24) is 9.78 Å². The van der Waals surface area contributed by atoms with E-state index >= 15 is 0 Å². The van der Waals surface area contributed by atoms with Crippen LogP contribution < -0.4 is 9.88 Å². The highest BCUT2D eigenvalue weighted by Gasteiger charge is 2.15. The average Bonchev–Trinajstić information content (AvgIpc) is 3.20. The molecule has 0 amide bonds. The van der Waals surface area contributed by atoms with E-state index in [2.05, 4.69) is 15.9 Å². The van der Waals surface area contributed by atoms with Crippen LogP contribution in [0.25, 0.3) is 28.2 Å². The Labute approximate surface area is 189 Å². The predicted octanol–water partition coefficient (Wildman–Crippen LogP) is 5.01. The van der Waals surface area contributed by atoms with Gasteiger partial charge in [0.15, 0.2) is 0 Å². The minimum atomic E-state index is -3.76. The van der Waals surface area contributed by atoms with Gasteiger partial charge in [-0.1, -0.05) is 28.1 Å². The molecule has 0 saturated carbocycles. The highest BCUT2D eigenvalue weighted by molar-refractivity contribution is 9.10. The molecule has 1 heterocycles. The molecular formula is C23H20BrN3O3S. The van der Waals surface area contributed by atoms with Gasteiger partial charge in [-0.25, -0.2) is 18.2 Å². The standard InChI is InChI=1S/C23H20BrN3O3S/c1-2-30-20-11-5-16(6-12-20)22-15-23(17-3-7-18(24)8-4-17)27(26-22)19-9-13-21(14-10-19)31(25,28)29/h3-15H,2H2,1H3,(H2,25,28,29). The Morgan fingerprint density at radius 3 is 2.13 bits per heavy atom. The van der Waals surface area contributed by atoms with E-state index in [1.165, 1.54) is 12.1 Å². The lowest BCUT2D eigenvalue weighted by Gasteiger charge is -2.08. The van der Waals surface area contributed by atoms with Crippen LogP contribution in [0.2, 0.25) is 0 Å². The van der Waals surface area contributed by atoms with Crippen molar-refractivity contribution in [1.29, 1.82) is 0 Å². The number of hydrogen-bond donors (Lipinski definition) is 1. The molecule has 4 aromatic rings. The molecule has 0 atom stereocenters. The zero-order valence-corrected chi connectivity index (χ0v) is 19.1. The van der Waals surface area contributed by atoms with Crippen LogP contribution in [0.1, 0.15) is 6.92 Å². The average molecular weight is 498 g/mol. The molecule has 2 N–H and O–H groups in total. The maximum Gasteiger partial charge on any atom is 0.238 e. The van der Waals surface area contributed by atoms with Gasteiger partial charge in [-0.05, 0) is 73.7 Å². The molecule has 6 nitrogen and oxygen atoms in total.